The van der Waals surface area contributed by atoms with Gasteiger partial charge in [0.15, 0.2) is 0 Å². The average Bonchev–Trinajstić information content (AvgIpc) is 2.73. The molecule has 1 heterocycles. The maximum atomic E-state index is 12.6. The van der Waals surface area contributed by atoms with Crippen molar-refractivity contribution in [2.45, 2.75) is 43.9 Å². The number of sulfonamides is 1. The Bertz CT molecular complexity index is 548. The molecule has 1 N–H and O–H groups in total. The maximum Gasteiger partial charge on any atom is 0.252 e. The van der Waals surface area contributed by atoms with Gasteiger partial charge in [-0.05, 0) is 43.9 Å². The molecule has 4 nitrogen and oxygen atoms in total. The molecule has 1 fully saturated rings. The minimum Gasteiger partial charge on any atom is -0.312 e. The van der Waals surface area contributed by atoms with Crippen LogP contribution in [0.5, 0.6) is 0 Å². The van der Waals surface area contributed by atoms with Gasteiger partial charge in [-0.1, -0.05) is 13.3 Å². The van der Waals surface area contributed by atoms with Gasteiger partial charge in [0.2, 0.25) is 0 Å². The van der Waals surface area contributed by atoms with Crippen LogP contribution in [-0.4, -0.2) is 32.9 Å². The van der Waals surface area contributed by atoms with Crippen molar-refractivity contribution in [1.82, 2.24) is 9.62 Å². The van der Waals surface area contributed by atoms with Crippen molar-refractivity contribution in [2.75, 3.05) is 20.1 Å². The zero-order valence-electron chi connectivity index (χ0n) is 12.5. The minimum absolute atomic E-state index is 0.477. The summed E-state index contributed by atoms with van der Waals surface area (Å²) in [5, 5.41) is 3.25. The molecule has 1 saturated carbocycles. The second-order valence-electron chi connectivity index (χ2n) is 5.53. The van der Waals surface area contributed by atoms with Crippen LogP contribution < -0.4 is 5.32 Å². The Morgan fingerprint density at radius 1 is 1.45 bits per heavy atom. The van der Waals surface area contributed by atoms with E-state index in [4.69, 9.17) is 0 Å². The van der Waals surface area contributed by atoms with Crippen molar-refractivity contribution in [3.05, 3.63) is 16.5 Å². The van der Waals surface area contributed by atoms with Gasteiger partial charge in [0.25, 0.3) is 10.0 Å². The summed E-state index contributed by atoms with van der Waals surface area (Å²) >= 11 is 1.40. The Kier molecular flexibility index (Phi) is 5.23. The zero-order valence-corrected chi connectivity index (χ0v) is 14.1. The van der Waals surface area contributed by atoms with E-state index in [9.17, 15) is 8.42 Å². The smallest absolute Gasteiger partial charge is 0.252 e. The molecule has 0 unspecified atom stereocenters. The summed E-state index contributed by atoms with van der Waals surface area (Å²) in [6.45, 7) is 6.32. The second kappa shape index (κ2) is 6.56. The summed E-state index contributed by atoms with van der Waals surface area (Å²) in [5.74, 6) is 0.553. The van der Waals surface area contributed by atoms with Crippen LogP contribution in [0, 0.1) is 12.8 Å². The fourth-order valence-electron chi connectivity index (χ4n) is 2.32. The summed E-state index contributed by atoms with van der Waals surface area (Å²) in [6, 6.07) is 1.81. The minimum atomic E-state index is -3.31. The number of rotatable bonds is 7. The number of nitrogens with one attached hydrogen (secondary N) is 1. The van der Waals surface area contributed by atoms with Crippen LogP contribution in [0.1, 0.15) is 36.6 Å². The van der Waals surface area contributed by atoms with Gasteiger partial charge in [-0.25, -0.2) is 8.42 Å². The van der Waals surface area contributed by atoms with Gasteiger partial charge < -0.3 is 5.32 Å². The van der Waals surface area contributed by atoms with Crippen LogP contribution >= 0.6 is 11.3 Å². The molecule has 0 spiro atoms. The van der Waals surface area contributed by atoms with E-state index in [2.05, 4.69) is 5.32 Å². The van der Waals surface area contributed by atoms with Crippen LogP contribution in [0.2, 0.25) is 0 Å². The van der Waals surface area contributed by atoms with Gasteiger partial charge in [-0.3, -0.25) is 0 Å². The Balaban J connectivity index is 2.11. The van der Waals surface area contributed by atoms with Crippen LogP contribution in [0.25, 0.3) is 0 Å². The molecule has 0 aliphatic heterocycles. The number of thiophene rings is 1. The van der Waals surface area contributed by atoms with E-state index in [0.717, 1.165) is 36.4 Å². The molecule has 0 atom stereocenters. The van der Waals surface area contributed by atoms with E-state index in [1.165, 1.54) is 22.1 Å². The number of hydrogen-bond donors (Lipinski definition) is 1. The fraction of sp³-hybridized carbons (Fsp3) is 0.714. The fourth-order valence-corrected chi connectivity index (χ4v) is 5.34. The first-order valence-corrected chi connectivity index (χ1v) is 9.47. The summed E-state index contributed by atoms with van der Waals surface area (Å²) in [4.78, 5) is 1.11. The predicted molar refractivity (Wildman–Crippen MR) is 83.6 cm³/mol. The third kappa shape index (κ3) is 3.42. The van der Waals surface area contributed by atoms with Crippen LogP contribution in [-0.2, 0) is 16.6 Å². The summed E-state index contributed by atoms with van der Waals surface area (Å²) in [7, 11) is -1.61. The van der Waals surface area contributed by atoms with E-state index in [1.807, 2.05) is 19.9 Å². The van der Waals surface area contributed by atoms with E-state index >= 15 is 0 Å². The first kappa shape index (κ1) is 15.9. The van der Waals surface area contributed by atoms with Crippen molar-refractivity contribution >= 4 is 21.4 Å². The Labute approximate surface area is 126 Å². The molecule has 0 aromatic carbocycles. The average molecular weight is 316 g/mol. The van der Waals surface area contributed by atoms with Gasteiger partial charge in [0, 0.05) is 25.0 Å². The van der Waals surface area contributed by atoms with Gasteiger partial charge >= 0.3 is 0 Å². The van der Waals surface area contributed by atoms with Gasteiger partial charge in [0.05, 0.1) is 0 Å². The van der Waals surface area contributed by atoms with Crippen LogP contribution in [0.15, 0.2) is 10.3 Å². The molecular weight excluding hydrogens is 292 g/mol. The Morgan fingerprint density at radius 2 is 2.15 bits per heavy atom. The summed E-state index contributed by atoms with van der Waals surface area (Å²) in [5.41, 5.74) is 1.06. The lowest BCUT2D eigenvalue weighted by Gasteiger charge is -2.29. The molecule has 0 amide bonds. The lowest BCUT2D eigenvalue weighted by molar-refractivity contribution is 0.263. The molecule has 0 saturated heterocycles. The third-order valence-electron chi connectivity index (χ3n) is 3.94. The largest absolute Gasteiger partial charge is 0.312 e. The van der Waals surface area contributed by atoms with Crippen molar-refractivity contribution in [3.63, 3.8) is 0 Å². The SMILES string of the molecule is CCNCc1sc(S(=O)(=O)N(C)CC2CCC2)cc1C. The van der Waals surface area contributed by atoms with Crippen molar-refractivity contribution < 1.29 is 8.42 Å². The first-order valence-electron chi connectivity index (χ1n) is 7.21. The highest BCUT2D eigenvalue weighted by Crippen LogP contribution is 2.31. The Hall–Kier alpha value is -0.430. The van der Waals surface area contributed by atoms with Gasteiger partial charge in [0.1, 0.15) is 4.21 Å². The summed E-state index contributed by atoms with van der Waals surface area (Å²) in [6.07, 6.45) is 3.56. The van der Waals surface area contributed by atoms with Gasteiger partial charge in [-0.2, -0.15) is 4.31 Å². The van der Waals surface area contributed by atoms with E-state index < -0.39 is 10.0 Å². The van der Waals surface area contributed by atoms with Crippen LogP contribution in [0.3, 0.4) is 0 Å². The molecule has 1 aliphatic rings. The molecule has 2 rings (SSSR count). The second-order valence-corrected chi connectivity index (χ2v) is 8.94. The topological polar surface area (TPSA) is 49.4 Å². The highest BCUT2D eigenvalue weighted by atomic mass is 32.2. The lowest BCUT2D eigenvalue weighted by atomic mass is 9.86. The first-order chi connectivity index (χ1) is 9.45. The number of hydrogen-bond acceptors (Lipinski definition) is 4. The molecule has 0 radical (unpaired) electrons. The predicted octanol–water partition coefficient (Wildman–Crippen LogP) is 2.59. The van der Waals surface area contributed by atoms with Crippen molar-refractivity contribution in [1.29, 1.82) is 0 Å². The molecule has 20 heavy (non-hydrogen) atoms. The monoisotopic (exact) mass is 316 g/mol. The van der Waals surface area contributed by atoms with Crippen LogP contribution in [0.4, 0.5) is 0 Å². The molecule has 114 valence electrons. The molecule has 1 aromatic heterocycles. The van der Waals surface area contributed by atoms with Crippen molar-refractivity contribution in [3.8, 4) is 0 Å². The van der Waals surface area contributed by atoms with E-state index in [0.29, 0.717) is 16.7 Å². The molecule has 6 heteroatoms. The highest BCUT2D eigenvalue weighted by Gasteiger charge is 2.28. The molecule has 1 aromatic rings. The molecule has 0 bridgehead atoms. The highest BCUT2D eigenvalue weighted by molar-refractivity contribution is 7.91. The molecular formula is C14H24N2O2S2. The lowest BCUT2D eigenvalue weighted by Crippen LogP contribution is -2.33. The normalized spacial score (nSPS) is 16.6. The quantitative estimate of drug-likeness (QED) is 0.841. The summed E-state index contributed by atoms with van der Waals surface area (Å²) < 4.78 is 27.1. The van der Waals surface area contributed by atoms with E-state index in [-0.39, 0.29) is 0 Å². The number of aryl methyl sites for hydroxylation is 1. The van der Waals surface area contributed by atoms with E-state index in [1.54, 1.807) is 7.05 Å². The molecule has 1 aliphatic carbocycles. The van der Waals surface area contributed by atoms with Crippen molar-refractivity contribution in [2.24, 2.45) is 5.92 Å². The van der Waals surface area contributed by atoms with Gasteiger partial charge in [-0.15, -0.1) is 11.3 Å². The zero-order chi connectivity index (χ0) is 14.8. The number of nitrogens with zero attached hydrogens (tertiary/aromatic N) is 1. The Morgan fingerprint density at radius 3 is 2.70 bits per heavy atom. The third-order valence-corrected chi connectivity index (χ3v) is 7.45. The standard InChI is InChI=1S/C14H24N2O2S2/c1-4-15-9-13-11(2)8-14(19-13)20(17,18)16(3)10-12-6-5-7-12/h8,12,15H,4-7,9-10H2,1-3H3. The maximum absolute atomic E-state index is 12.6.